The van der Waals surface area contributed by atoms with Gasteiger partial charge in [0.2, 0.25) is 10.0 Å². The van der Waals surface area contributed by atoms with Crippen molar-refractivity contribution < 1.29 is 27.2 Å². The molecular formula is C21H33ClN7O5S+. The number of hydrogen-bond donors (Lipinski definition) is 4. The van der Waals surface area contributed by atoms with E-state index in [2.05, 4.69) is 20.0 Å². The zero-order chi connectivity index (χ0) is 26.2. The van der Waals surface area contributed by atoms with Crippen LogP contribution < -0.4 is 31.0 Å². The summed E-state index contributed by atoms with van der Waals surface area (Å²) in [6, 6.07) is 4.54. The third-order valence-electron chi connectivity index (χ3n) is 5.27. The molecule has 0 saturated heterocycles. The second-order valence-corrected chi connectivity index (χ2v) is 10.5. The highest BCUT2D eigenvalue weighted by atomic mass is 35.5. The second-order valence-electron chi connectivity index (χ2n) is 8.39. The first-order valence-corrected chi connectivity index (χ1v) is 12.7. The summed E-state index contributed by atoms with van der Waals surface area (Å²) in [5.41, 5.74) is 11.2. The maximum Gasteiger partial charge on any atom is 0.273 e. The molecule has 0 atom stereocenters. The molecule has 1 heterocycles. The topological polar surface area (TPSA) is 172 Å². The third-order valence-corrected chi connectivity index (χ3v) is 7.04. The van der Waals surface area contributed by atoms with Crippen molar-refractivity contribution in [1.82, 2.24) is 20.0 Å². The van der Waals surface area contributed by atoms with Gasteiger partial charge in [0.1, 0.15) is 16.4 Å². The van der Waals surface area contributed by atoms with Gasteiger partial charge in [0, 0.05) is 12.6 Å². The maximum absolute atomic E-state index is 12.6. The number of nitrogens with zero attached hydrogens (tertiary/aromatic N) is 3. The fourth-order valence-corrected chi connectivity index (χ4v) is 4.57. The highest BCUT2D eigenvalue weighted by Gasteiger charge is 2.21. The molecule has 2 rings (SSSR count). The van der Waals surface area contributed by atoms with Crippen LogP contribution in [0.4, 0.5) is 11.6 Å². The quantitative estimate of drug-likeness (QED) is 0.216. The molecular weight excluding hydrogens is 498 g/mol. The summed E-state index contributed by atoms with van der Waals surface area (Å²) < 4.78 is 38.8. The van der Waals surface area contributed by atoms with Gasteiger partial charge in [0.15, 0.2) is 22.5 Å². The number of likely N-dealkylation sites (N-methyl/N-ethyl adjacent to an activating group) is 1. The molecule has 0 fully saturated rings. The number of hydrogen-bond acceptors (Lipinski definition) is 9. The van der Waals surface area contributed by atoms with Crippen molar-refractivity contribution in [2.24, 2.45) is 0 Å². The SMILES string of the molecule is COc1ccc(S(=O)(=O)NCCCC[N+](C)(C)CCNC(=O)c2nc(Cl)c(N)nc2N)c(OC)c1. The summed E-state index contributed by atoms with van der Waals surface area (Å²) in [6.07, 6.45) is 1.41. The van der Waals surface area contributed by atoms with Gasteiger partial charge in [0.05, 0.1) is 47.9 Å². The minimum atomic E-state index is -3.73. The minimum absolute atomic E-state index is 0.0380. The van der Waals surface area contributed by atoms with E-state index in [-0.39, 0.29) is 39.7 Å². The number of rotatable bonds is 13. The molecule has 194 valence electrons. The summed E-state index contributed by atoms with van der Waals surface area (Å²) >= 11 is 5.82. The smallest absolute Gasteiger partial charge is 0.273 e. The Bertz CT molecular complexity index is 1150. The number of unbranched alkanes of at least 4 members (excludes halogenated alkanes) is 1. The summed E-state index contributed by atoms with van der Waals surface area (Å²) in [5.74, 6) is 0.105. The lowest BCUT2D eigenvalue weighted by molar-refractivity contribution is -0.889. The highest BCUT2D eigenvalue weighted by molar-refractivity contribution is 7.89. The maximum atomic E-state index is 12.6. The average molecular weight is 531 g/mol. The van der Waals surface area contributed by atoms with E-state index in [1.54, 1.807) is 6.07 Å². The summed E-state index contributed by atoms with van der Waals surface area (Å²) in [4.78, 5) is 20.1. The first-order valence-electron chi connectivity index (χ1n) is 10.8. The van der Waals surface area contributed by atoms with E-state index in [0.29, 0.717) is 29.7 Å². The van der Waals surface area contributed by atoms with Crippen LogP contribution in [-0.2, 0) is 10.0 Å². The predicted molar refractivity (Wildman–Crippen MR) is 134 cm³/mol. The first-order chi connectivity index (χ1) is 16.4. The number of carbonyl (C=O) groups is 1. The number of ether oxygens (including phenoxy) is 2. The van der Waals surface area contributed by atoms with Crippen LogP contribution in [0, 0.1) is 0 Å². The lowest BCUT2D eigenvalue weighted by Gasteiger charge is -2.30. The van der Waals surface area contributed by atoms with E-state index in [0.717, 1.165) is 13.0 Å². The minimum Gasteiger partial charge on any atom is -0.497 e. The number of anilines is 2. The zero-order valence-corrected chi connectivity index (χ0v) is 21.9. The van der Waals surface area contributed by atoms with Gasteiger partial charge in [-0.1, -0.05) is 11.6 Å². The van der Waals surface area contributed by atoms with Gasteiger partial charge in [-0.15, -0.1) is 0 Å². The zero-order valence-electron chi connectivity index (χ0n) is 20.3. The number of sulfonamides is 1. The van der Waals surface area contributed by atoms with Gasteiger partial charge in [-0.3, -0.25) is 4.79 Å². The van der Waals surface area contributed by atoms with Gasteiger partial charge in [-0.05, 0) is 25.0 Å². The third kappa shape index (κ3) is 8.09. The van der Waals surface area contributed by atoms with Crippen molar-refractivity contribution in [2.75, 3.05) is 66.0 Å². The van der Waals surface area contributed by atoms with E-state index < -0.39 is 15.9 Å². The van der Waals surface area contributed by atoms with E-state index in [1.165, 1.54) is 26.4 Å². The van der Waals surface area contributed by atoms with Crippen molar-refractivity contribution in [1.29, 1.82) is 0 Å². The van der Waals surface area contributed by atoms with Crippen LogP contribution in [0.15, 0.2) is 23.1 Å². The molecule has 1 amide bonds. The van der Waals surface area contributed by atoms with Crippen LogP contribution in [0.3, 0.4) is 0 Å². The van der Waals surface area contributed by atoms with Crippen molar-refractivity contribution in [3.8, 4) is 11.5 Å². The highest BCUT2D eigenvalue weighted by Crippen LogP contribution is 2.28. The molecule has 0 aliphatic rings. The van der Waals surface area contributed by atoms with E-state index in [4.69, 9.17) is 32.5 Å². The molecule has 6 N–H and O–H groups in total. The Morgan fingerprint density at radius 1 is 1.06 bits per heavy atom. The molecule has 0 bridgehead atoms. The van der Waals surface area contributed by atoms with Crippen molar-refractivity contribution in [3.05, 3.63) is 29.0 Å². The Morgan fingerprint density at radius 2 is 1.77 bits per heavy atom. The number of quaternary nitrogens is 1. The van der Waals surface area contributed by atoms with E-state index >= 15 is 0 Å². The Kier molecular flexibility index (Phi) is 9.89. The van der Waals surface area contributed by atoms with Crippen molar-refractivity contribution in [3.63, 3.8) is 0 Å². The Balaban J connectivity index is 1.77. The van der Waals surface area contributed by atoms with Crippen LogP contribution in [0.1, 0.15) is 23.3 Å². The van der Waals surface area contributed by atoms with Crippen LogP contribution >= 0.6 is 11.6 Å². The van der Waals surface area contributed by atoms with Gasteiger partial charge in [-0.25, -0.2) is 23.1 Å². The number of benzene rings is 1. The van der Waals surface area contributed by atoms with E-state index in [1.807, 2.05) is 14.1 Å². The monoisotopic (exact) mass is 530 g/mol. The number of methoxy groups -OCH3 is 2. The van der Waals surface area contributed by atoms with Crippen LogP contribution in [-0.4, -0.2) is 83.3 Å². The lowest BCUT2D eigenvalue weighted by atomic mass is 10.2. The molecule has 1 aromatic carbocycles. The number of halogens is 1. The average Bonchev–Trinajstić information content (AvgIpc) is 2.80. The fourth-order valence-electron chi connectivity index (χ4n) is 3.22. The second kappa shape index (κ2) is 12.2. The molecule has 0 unspecified atom stereocenters. The molecule has 1 aromatic heterocycles. The van der Waals surface area contributed by atoms with Gasteiger partial charge in [-0.2, -0.15) is 0 Å². The Labute approximate surface area is 210 Å². The first kappa shape index (κ1) is 28.4. The molecule has 14 heteroatoms. The summed E-state index contributed by atoms with van der Waals surface area (Å²) in [5, 5.41) is 2.67. The Hall–Kier alpha value is -2.87. The van der Waals surface area contributed by atoms with Gasteiger partial charge in [0.25, 0.3) is 5.91 Å². The number of carbonyl (C=O) groups excluding carboxylic acids is 1. The van der Waals surface area contributed by atoms with Crippen molar-refractivity contribution in [2.45, 2.75) is 17.7 Å². The van der Waals surface area contributed by atoms with Crippen LogP contribution in [0.5, 0.6) is 11.5 Å². The standard InChI is InChI=1S/C21H32ClN7O5S/c1-29(2,12-10-25-21(30)17-19(23)28-20(24)18(22)27-17)11-6-5-9-26-35(31,32)16-8-7-14(33-3)13-15(16)34-4/h7-8,13,26H,5-6,9-12H2,1-4H3,(H4-,23,24,25,28,30)/p+1. The predicted octanol–water partition coefficient (Wildman–Crippen LogP) is 0.877. The number of amides is 1. The summed E-state index contributed by atoms with van der Waals surface area (Å²) in [7, 11) is 3.22. The molecule has 35 heavy (non-hydrogen) atoms. The fraction of sp³-hybridized carbons (Fsp3) is 0.476. The van der Waals surface area contributed by atoms with E-state index in [9.17, 15) is 13.2 Å². The summed E-state index contributed by atoms with van der Waals surface area (Å²) in [6.45, 7) is 2.07. The van der Waals surface area contributed by atoms with Crippen LogP contribution in [0.25, 0.3) is 0 Å². The Morgan fingerprint density at radius 3 is 2.43 bits per heavy atom. The molecule has 0 saturated carbocycles. The molecule has 12 nitrogen and oxygen atoms in total. The molecule has 2 aromatic rings. The van der Waals surface area contributed by atoms with Crippen LogP contribution in [0.2, 0.25) is 5.15 Å². The number of nitrogen functional groups attached to an aromatic ring is 2. The number of nitrogens with two attached hydrogens (primary N) is 2. The van der Waals surface area contributed by atoms with Crippen molar-refractivity contribution >= 4 is 39.2 Å². The number of aromatic nitrogens is 2. The molecule has 0 spiro atoms. The normalized spacial score (nSPS) is 11.8. The van der Waals surface area contributed by atoms with Gasteiger partial charge >= 0.3 is 0 Å². The largest absolute Gasteiger partial charge is 0.497 e. The van der Waals surface area contributed by atoms with Gasteiger partial charge < -0.3 is 30.7 Å². The molecule has 0 aliphatic heterocycles. The number of nitrogens with one attached hydrogen (secondary N) is 2. The molecule has 0 radical (unpaired) electrons. The lowest BCUT2D eigenvalue weighted by Crippen LogP contribution is -2.46. The molecule has 0 aliphatic carbocycles.